The highest BCUT2D eigenvalue weighted by atomic mass is 35.5. The Morgan fingerprint density at radius 1 is 1.12 bits per heavy atom. The summed E-state index contributed by atoms with van der Waals surface area (Å²) in [6.45, 7) is 4.08. The Kier molecular flexibility index (Phi) is 5.43. The minimum atomic E-state index is -0.444. The van der Waals surface area contributed by atoms with Gasteiger partial charge >= 0.3 is 0 Å². The van der Waals surface area contributed by atoms with E-state index in [0.29, 0.717) is 27.4 Å². The summed E-state index contributed by atoms with van der Waals surface area (Å²) >= 11 is 6.24. The topological polar surface area (TPSA) is 81.7 Å². The Morgan fingerprint density at radius 2 is 1.88 bits per heavy atom. The molecule has 1 fully saturated rings. The molecule has 32 heavy (non-hydrogen) atoms. The Bertz CT molecular complexity index is 1220. The molecule has 1 saturated heterocycles. The number of hydrogen-bond acceptors (Lipinski definition) is 5. The molecule has 0 radical (unpaired) electrons. The maximum atomic E-state index is 13.2. The molecule has 2 aliphatic heterocycles. The molecule has 164 valence electrons. The molecular weight excluding hydrogens is 426 g/mol. The van der Waals surface area contributed by atoms with Crippen LogP contribution in [0.25, 0.3) is 10.8 Å². The second-order valence-corrected chi connectivity index (χ2v) is 8.59. The van der Waals surface area contributed by atoms with Crippen molar-refractivity contribution in [1.82, 2.24) is 15.0 Å². The summed E-state index contributed by atoms with van der Waals surface area (Å²) in [5, 5.41) is 7.08. The molecule has 0 unspecified atom stereocenters. The number of aromatic nitrogens is 2. The number of unbranched alkanes of at least 4 members (excludes halogenated alkanes) is 1. The average molecular weight is 450 g/mol. The van der Waals surface area contributed by atoms with Gasteiger partial charge in [-0.25, -0.2) is 4.98 Å². The fraction of sp³-hybridized carbons (Fsp3) is 0.333. The fourth-order valence-electron chi connectivity index (χ4n) is 4.48. The molecule has 0 bridgehead atoms. The van der Waals surface area contributed by atoms with Gasteiger partial charge in [-0.3, -0.25) is 9.59 Å². The predicted molar refractivity (Wildman–Crippen MR) is 126 cm³/mol. The van der Waals surface area contributed by atoms with Gasteiger partial charge in [0.2, 0.25) is 0 Å². The summed E-state index contributed by atoms with van der Waals surface area (Å²) in [5.41, 5.74) is 2.44. The van der Waals surface area contributed by atoms with E-state index < -0.39 is 11.8 Å². The number of carbonyl (C=O) groups excluding carboxylic acids is 2. The van der Waals surface area contributed by atoms with Crippen molar-refractivity contribution in [3.05, 3.63) is 58.1 Å². The van der Waals surface area contributed by atoms with Crippen LogP contribution in [0, 0.1) is 0 Å². The number of H-pyrrole nitrogens is 1. The van der Waals surface area contributed by atoms with Crippen molar-refractivity contribution in [2.24, 2.45) is 5.10 Å². The van der Waals surface area contributed by atoms with Gasteiger partial charge in [0.05, 0.1) is 17.3 Å². The number of hydrogen-bond donors (Lipinski definition) is 1. The largest absolute Gasteiger partial charge is 0.371 e. The summed E-state index contributed by atoms with van der Waals surface area (Å²) in [6.07, 6.45) is 6.49. The van der Waals surface area contributed by atoms with Gasteiger partial charge < -0.3 is 9.88 Å². The van der Waals surface area contributed by atoms with Gasteiger partial charge in [0.15, 0.2) is 0 Å². The number of hydrazone groups is 1. The van der Waals surface area contributed by atoms with E-state index in [2.05, 4.69) is 26.9 Å². The SMILES string of the molecule is CCCCc1nc(/C=N/N2C(=O)c3cccc4c(N5CCCC5)ccc(c34)C2=O)c(Cl)[nH]1. The highest BCUT2D eigenvalue weighted by Gasteiger charge is 2.34. The van der Waals surface area contributed by atoms with Crippen LogP contribution in [0.15, 0.2) is 35.4 Å². The van der Waals surface area contributed by atoms with Crippen LogP contribution in [-0.2, 0) is 6.42 Å². The van der Waals surface area contributed by atoms with E-state index in [1.54, 1.807) is 12.1 Å². The van der Waals surface area contributed by atoms with Crippen LogP contribution >= 0.6 is 11.6 Å². The van der Waals surface area contributed by atoms with Gasteiger partial charge in [-0.2, -0.15) is 10.1 Å². The number of carbonyl (C=O) groups is 2. The van der Waals surface area contributed by atoms with E-state index in [1.807, 2.05) is 18.2 Å². The molecule has 5 rings (SSSR count). The number of imidazole rings is 1. The lowest BCUT2D eigenvalue weighted by atomic mass is 9.93. The van der Waals surface area contributed by atoms with Crippen LogP contribution < -0.4 is 4.90 Å². The number of aromatic amines is 1. The lowest BCUT2D eigenvalue weighted by Gasteiger charge is -2.26. The van der Waals surface area contributed by atoms with Gasteiger partial charge in [0.1, 0.15) is 16.7 Å². The number of imide groups is 1. The molecule has 3 heterocycles. The summed E-state index contributed by atoms with van der Waals surface area (Å²) in [4.78, 5) is 36.2. The second kappa shape index (κ2) is 8.39. The van der Waals surface area contributed by atoms with Crippen molar-refractivity contribution in [3.63, 3.8) is 0 Å². The first-order valence-corrected chi connectivity index (χ1v) is 11.4. The Hall–Kier alpha value is -3.19. The minimum Gasteiger partial charge on any atom is -0.371 e. The van der Waals surface area contributed by atoms with E-state index in [-0.39, 0.29) is 0 Å². The van der Waals surface area contributed by atoms with Crippen molar-refractivity contribution in [1.29, 1.82) is 0 Å². The van der Waals surface area contributed by atoms with E-state index in [1.165, 1.54) is 6.21 Å². The molecule has 2 amide bonds. The second-order valence-electron chi connectivity index (χ2n) is 8.21. The molecule has 1 aromatic heterocycles. The first kappa shape index (κ1) is 20.7. The summed E-state index contributed by atoms with van der Waals surface area (Å²) in [6, 6.07) is 9.38. The van der Waals surface area contributed by atoms with Crippen LogP contribution in [-0.4, -0.2) is 46.1 Å². The highest BCUT2D eigenvalue weighted by molar-refractivity contribution is 6.32. The van der Waals surface area contributed by atoms with E-state index in [0.717, 1.165) is 67.1 Å². The Morgan fingerprint density at radius 3 is 2.62 bits per heavy atom. The van der Waals surface area contributed by atoms with E-state index >= 15 is 0 Å². The molecule has 2 aromatic carbocycles. The molecule has 2 aliphatic rings. The zero-order valence-corrected chi connectivity index (χ0v) is 18.7. The zero-order valence-electron chi connectivity index (χ0n) is 17.9. The third kappa shape index (κ3) is 3.46. The van der Waals surface area contributed by atoms with Gasteiger partial charge in [0, 0.05) is 36.0 Å². The number of amides is 2. The molecule has 0 saturated carbocycles. The molecular formula is C24H24ClN5O2. The molecule has 8 heteroatoms. The molecule has 0 atom stereocenters. The predicted octanol–water partition coefficient (Wildman–Crippen LogP) is 4.79. The third-order valence-corrected chi connectivity index (χ3v) is 6.39. The first-order chi connectivity index (χ1) is 15.6. The summed E-state index contributed by atoms with van der Waals surface area (Å²) in [5.74, 6) is -0.124. The number of rotatable bonds is 6. The molecule has 7 nitrogen and oxygen atoms in total. The average Bonchev–Trinajstić information content (AvgIpc) is 3.45. The fourth-order valence-corrected chi connectivity index (χ4v) is 4.68. The Labute approximate surface area is 191 Å². The minimum absolute atomic E-state index is 0.342. The van der Waals surface area contributed by atoms with Gasteiger partial charge in [-0.15, -0.1) is 0 Å². The molecule has 0 aliphatic carbocycles. The van der Waals surface area contributed by atoms with Gasteiger partial charge in [-0.1, -0.05) is 37.1 Å². The lowest BCUT2D eigenvalue weighted by molar-refractivity contribution is 0.0616. The quantitative estimate of drug-likeness (QED) is 0.433. The normalized spacial score (nSPS) is 16.2. The van der Waals surface area contributed by atoms with Crippen LogP contribution in [0.5, 0.6) is 0 Å². The van der Waals surface area contributed by atoms with Crippen molar-refractivity contribution >= 4 is 46.1 Å². The summed E-state index contributed by atoms with van der Waals surface area (Å²) < 4.78 is 0. The number of benzene rings is 2. The summed E-state index contributed by atoms with van der Waals surface area (Å²) in [7, 11) is 0. The van der Waals surface area contributed by atoms with E-state index in [9.17, 15) is 9.59 Å². The van der Waals surface area contributed by atoms with Crippen LogP contribution in [0.1, 0.15) is 64.8 Å². The zero-order chi connectivity index (χ0) is 22.2. The van der Waals surface area contributed by atoms with Crippen molar-refractivity contribution < 1.29 is 9.59 Å². The maximum Gasteiger partial charge on any atom is 0.282 e. The number of aryl methyl sites for hydroxylation is 1. The molecule has 3 aromatic rings. The third-order valence-electron chi connectivity index (χ3n) is 6.11. The molecule has 0 spiro atoms. The monoisotopic (exact) mass is 449 g/mol. The van der Waals surface area contributed by atoms with Gasteiger partial charge in [0.25, 0.3) is 11.8 Å². The van der Waals surface area contributed by atoms with E-state index in [4.69, 9.17) is 11.6 Å². The van der Waals surface area contributed by atoms with Crippen LogP contribution in [0.3, 0.4) is 0 Å². The Balaban J connectivity index is 1.50. The smallest absolute Gasteiger partial charge is 0.282 e. The first-order valence-electron chi connectivity index (χ1n) is 11.1. The van der Waals surface area contributed by atoms with Crippen LogP contribution in [0.2, 0.25) is 5.15 Å². The number of nitrogens with one attached hydrogen (secondary N) is 1. The lowest BCUT2D eigenvalue weighted by Crippen LogP contribution is -2.36. The van der Waals surface area contributed by atoms with Crippen molar-refractivity contribution in [2.75, 3.05) is 18.0 Å². The van der Waals surface area contributed by atoms with Gasteiger partial charge in [-0.05, 0) is 37.5 Å². The van der Waals surface area contributed by atoms with Crippen molar-refractivity contribution in [2.45, 2.75) is 39.0 Å². The number of nitrogens with zero attached hydrogens (tertiary/aromatic N) is 4. The number of halogens is 1. The highest BCUT2D eigenvalue weighted by Crippen LogP contribution is 2.37. The standard InChI is InChI=1S/C24H24ClN5O2/c1-2-3-9-20-27-18(22(25)28-20)14-26-30-23(31)16-8-6-7-15-19(29-12-4-5-13-29)11-10-17(21(15)16)24(30)32/h6-8,10-11,14H,2-5,9,12-13H2,1H3,(H,27,28)/b26-14+. The molecule has 1 N–H and O–H groups in total. The van der Waals surface area contributed by atoms with Crippen molar-refractivity contribution in [3.8, 4) is 0 Å². The number of anilines is 1. The van der Waals surface area contributed by atoms with Crippen LogP contribution in [0.4, 0.5) is 5.69 Å². The maximum absolute atomic E-state index is 13.2.